The molecule has 0 radical (unpaired) electrons. The van der Waals surface area contributed by atoms with Crippen LogP contribution >= 0.6 is 0 Å². The van der Waals surface area contributed by atoms with Crippen molar-refractivity contribution in [2.45, 2.75) is 20.5 Å². The average molecular weight is 299 g/mol. The predicted molar refractivity (Wildman–Crippen MR) is 87.3 cm³/mol. The number of oxime groups is 1. The molecule has 0 fully saturated rings. The van der Waals surface area contributed by atoms with Gasteiger partial charge in [-0.25, -0.2) is 0 Å². The van der Waals surface area contributed by atoms with Crippen molar-refractivity contribution in [3.63, 3.8) is 0 Å². The van der Waals surface area contributed by atoms with Gasteiger partial charge in [-0.15, -0.1) is 0 Å². The predicted octanol–water partition coefficient (Wildman–Crippen LogP) is 3.23. The molecular weight excluding hydrogens is 278 g/mol. The molecule has 0 atom stereocenters. The van der Waals surface area contributed by atoms with Crippen LogP contribution in [0.4, 0.5) is 0 Å². The topological polar surface area (TPSA) is 51.0 Å². The quantitative estimate of drug-likeness (QED) is 0.658. The van der Waals surface area contributed by atoms with Gasteiger partial charge in [0.25, 0.3) is 0 Å². The van der Waals surface area contributed by atoms with Crippen molar-refractivity contribution in [1.82, 2.24) is 0 Å². The lowest BCUT2D eigenvalue weighted by molar-refractivity contribution is 0.209. The van der Waals surface area contributed by atoms with E-state index in [0.29, 0.717) is 12.3 Å². The lowest BCUT2D eigenvalue weighted by Gasteiger charge is -2.13. The summed E-state index contributed by atoms with van der Waals surface area (Å²) < 4.78 is 5.94. The number of aliphatic hydroxyl groups is 1. The molecule has 2 aromatic rings. The first-order chi connectivity index (χ1) is 10.7. The van der Waals surface area contributed by atoms with Gasteiger partial charge in [-0.3, -0.25) is 0 Å². The van der Waals surface area contributed by atoms with Crippen LogP contribution in [0.1, 0.15) is 22.3 Å². The SMILES string of the molecule is CON=C(CO)c1ccccc1COc1cc(C)ccc1C. The molecule has 0 bridgehead atoms. The van der Waals surface area contributed by atoms with Crippen molar-refractivity contribution >= 4 is 5.71 Å². The molecule has 2 rings (SSSR count). The van der Waals surface area contributed by atoms with Crippen LogP contribution < -0.4 is 4.74 Å². The van der Waals surface area contributed by atoms with Gasteiger partial charge in [0.15, 0.2) is 0 Å². The Morgan fingerprint density at radius 3 is 2.64 bits per heavy atom. The summed E-state index contributed by atoms with van der Waals surface area (Å²) in [4.78, 5) is 4.79. The maximum Gasteiger partial charge on any atom is 0.122 e. The summed E-state index contributed by atoms with van der Waals surface area (Å²) in [5, 5.41) is 13.3. The molecule has 0 saturated heterocycles. The van der Waals surface area contributed by atoms with Crippen molar-refractivity contribution in [2.75, 3.05) is 13.7 Å². The summed E-state index contributed by atoms with van der Waals surface area (Å²) in [5.74, 6) is 0.865. The van der Waals surface area contributed by atoms with Crippen LogP contribution in [0, 0.1) is 13.8 Å². The van der Waals surface area contributed by atoms with Gasteiger partial charge in [-0.1, -0.05) is 41.6 Å². The molecule has 4 nitrogen and oxygen atoms in total. The molecule has 0 aliphatic heterocycles. The third-order valence-electron chi connectivity index (χ3n) is 3.41. The molecule has 0 aromatic heterocycles. The first-order valence-corrected chi connectivity index (χ1v) is 7.15. The summed E-state index contributed by atoms with van der Waals surface area (Å²) in [7, 11) is 1.46. The fourth-order valence-electron chi connectivity index (χ4n) is 2.22. The summed E-state index contributed by atoms with van der Waals surface area (Å²) in [6.07, 6.45) is 0. The third-order valence-corrected chi connectivity index (χ3v) is 3.41. The maximum absolute atomic E-state index is 9.45. The summed E-state index contributed by atoms with van der Waals surface area (Å²) in [6.45, 7) is 4.28. The van der Waals surface area contributed by atoms with Crippen molar-refractivity contribution in [3.8, 4) is 5.75 Å². The Morgan fingerprint density at radius 1 is 1.14 bits per heavy atom. The second kappa shape index (κ2) is 7.61. The van der Waals surface area contributed by atoms with Crippen molar-refractivity contribution in [1.29, 1.82) is 0 Å². The Balaban J connectivity index is 2.23. The molecule has 0 saturated carbocycles. The molecule has 0 amide bonds. The molecule has 2 aromatic carbocycles. The van der Waals surface area contributed by atoms with Gasteiger partial charge in [0.2, 0.25) is 0 Å². The minimum Gasteiger partial charge on any atom is -0.489 e. The minimum atomic E-state index is -0.186. The maximum atomic E-state index is 9.45. The molecule has 0 aliphatic carbocycles. The van der Waals surface area contributed by atoms with E-state index in [4.69, 9.17) is 9.57 Å². The van der Waals surface area contributed by atoms with Crippen molar-refractivity contribution in [2.24, 2.45) is 5.16 Å². The number of aliphatic hydroxyl groups excluding tert-OH is 1. The number of hydrogen-bond donors (Lipinski definition) is 1. The Morgan fingerprint density at radius 2 is 1.91 bits per heavy atom. The van der Waals surface area contributed by atoms with Crippen LogP contribution in [0.3, 0.4) is 0 Å². The molecule has 22 heavy (non-hydrogen) atoms. The Hall–Kier alpha value is -2.33. The summed E-state index contributed by atoms with van der Waals surface area (Å²) >= 11 is 0. The highest BCUT2D eigenvalue weighted by atomic mass is 16.6. The van der Waals surface area contributed by atoms with E-state index in [1.54, 1.807) is 0 Å². The zero-order valence-electron chi connectivity index (χ0n) is 13.2. The van der Waals surface area contributed by atoms with Crippen LogP contribution in [0.25, 0.3) is 0 Å². The molecule has 4 heteroatoms. The summed E-state index contributed by atoms with van der Waals surface area (Å²) in [6, 6.07) is 13.8. The highest BCUT2D eigenvalue weighted by Gasteiger charge is 2.10. The molecule has 116 valence electrons. The average Bonchev–Trinajstić information content (AvgIpc) is 2.54. The monoisotopic (exact) mass is 299 g/mol. The van der Waals surface area contributed by atoms with Gasteiger partial charge in [-0.2, -0.15) is 0 Å². The second-order valence-corrected chi connectivity index (χ2v) is 5.09. The van der Waals surface area contributed by atoms with E-state index in [-0.39, 0.29) is 6.61 Å². The first-order valence-electron chi connectivity index (χ1n) is 7.15. The summed E-state index contributed by atoms with van der Waals surface area (Å²) in [5.41, 5.74) is 4.52. The molecule has 0 unspecified atom stereocenters. The van der Waals surface area contributed by atoms with Crippen LogP contribution in [-0.2, 0) is 11.4 Å². The molecule has 0 spiro atoms. The number of rotatable bonds is 6. The molecule has 1 N–H and O–H groups in total. The number of benzene rings is 2. The fourth-order valence-corrected chi connectivity index (χ4v) is 2.22. The Labute approximate surface area is 131 Å². The second-order valence-electron chi connectivity index (χ2n) is 5.09. The largest absolute Gasteiger partial charge is 0.489 e. The van der Waals surface area contributed by atoms with Crippen LogP contribution in [0.2, 0.25) is 0 Å². The van der Waals surface area contributed by atoms with Crippen molar-refractivity contribution < 1.29 is 14.7 Å². The number of nitrogens with zero attached hydrogens (tertiary/aromatic N) is 1. The van der Waals surface area contributed by atoms with Gasteiger partial charge < -0.3 is 14.7 Å². The van der Waals surface area contributed by atoms with E-state index in [2.05, 4.69) is 11.2 Å². The van der Waals surface area contributed by atoms with E-state index in [9.17, 15) is 5.11 Å². The van der Waals surface area contributed by atoms with Gasteiger partial charge in [-0.05, 0) is 36.6 Å². The van der Waals surface area contributed by atoms with Gasteiger partial charge in [0.05, 0.1) is 6.61 Å². The number of hydrogen-bond acceptors (Lipinski definition) is 4. The van der Waals surface area contributed by atoms with Crippen molar-refractivity contribution in [3.05, 3.63) is 64.7 Å². The van der Waals surface area contributed by atoms with E-state index in [1.807, 2.05) is 50.2 Å². The van der Waals surface area contributed by atoms with Crippen LogP contribution in [0.15, 0.2) is 47.6 Å². The third kappa shape index (κ3) is 3.86. The number of ether oxygens (including phenoxy) is 1. The molecular formula is C18H21NO3. The molecule has 0 heterocycles. The Bertz CT molecular complexity index is 665. The fraction of sp³-hybridized carbons (Fsp3) is 0.278. The first kappa shape index (κ1) is 16.0. The smallest absolute Gasteiger partial charge is 0.122 e. The lowest BCUT2D eigenvalue weighted by atomic mass is 10.0. The van der Waals surface area contributed by atoms with Crippen LogP contribution in [0.5, 0.6) is 5.75 Å². The standard InChI is InChI=1S/C18H21NO3/c1-13-8-9-14(2)18(10-13)22-12-15-6-4-5-7-16(15)17(11-20)19-21-3/h4-10,20H,11-12H2,1-3H3. The highest BCUT2D eigenvalue weighted by molar-refractivity contribution is 6.02. The Kier molecular flexibility index (Phi) is 5.55. The van der Waals surface area contributed by atoms with E-state index in [0.717, 1.165) is 28.0 Å². The zero-order chi connectivity index (χ0) is 15.9. The van der Waals surface area contributed by atoms with Gasteiger partial charge >= 0.3 is 0 Å². The van der Waals surface area contributed by atoms with Gasteiger partial charge in [0, 0.05) is 5.56 Å². The number of aryl methyl sites for hydroxylation is 2. The normalized spacial score (nSPS) is 11.4. The molecule has 0 aliphatic rings. The van der Waals surface area contributed by atoms with Crippen LogP contribution in [-0.4, -0.2) is 24.5 Å². The zero-order valence-corrected chi connectivity index (χ0v) is 13.2. The van der Waals surface area contributed by atoms with E-state index in [1.165, 1.54) is 7.11 Å². The van der Waals surface area contributed by atoms with E-state index >= 15 is 0 Å². The van der Waals surface area contributed by atoms with E-state index < -0.39 is 0 Å². The lowest BCUT2D eigenvalue weighted by Crippen LogP contribution is -2.12. The minimum absolute atomic E-state index is 0.186. The highest BCUT2D eigenvalue weighted by Crippen LogP contribution is 2.21. The van der Waals surface area contributed by atoms with Gasteiger partial charge in [0.1, 0.15) is 25.2 Å².